The van der Waals surface area contributed by atoms with E-state index in [2.05, 4.69) is 11.6 Å². The lowest BCUT2D eigenvalue weighted by molar-refractivity contribution is 0.469. The normalized spacial score (nSPS) is 17.9. The van der Waals surface area contributed by atoms with Gasteiger partial charge in [-0.2, -0.15) is 0 Å². The molecule has 1 aliphatic rings. The van der Waals surface area contributed by atoms with Gasteiger partial charge < -0.3 is 5.11 Å². The van der Waals surface area contributed by atoms with Gasteiger partial charge in [-0.05, 0) is 42.9 Å². The molecule has 0 heterocycles. The van der Waals surface area contributed by atoms with Gasteiger partial charge in [-0.25, -0.2) is 13.1 Å². The van der Waals surface area contributed by atoms with E-state index in [1.165, 1.54) is 24.3 Å². The van der Waals surface area contributed by atoms with Crippen LogP contribution in [-0.2, 0) is 10.0 Å². The molecule has 5 heteroatoms. The molecule has 17 heavy (non-hydrogen) atoms. The van der Waals surface area contributed by atoms with Crippen LogP contribution in [0.1, 0.15) is 26.2 Å². The first-order valence-corrected chi connectivity index (χ1v) is 7.24. The van der Waals surface area contributed by atoms with Crippen molar-refractivity contribution in [3.8, 4) is 5.75 Å². The highest BCUT2D eigenvalue weighted by Gasteiger charge is 2.41. The second kappa shape index (κ2) is 4.31. The minimum absolute atomic E-state index is 0.0375. The number of nitrogens with one attached hydrogen (secondary N) is 1. The van der Waals surface area contributed by atoms with Gasteiger partial charge in [0.2, 0.25) is 10.0 Å². The molecular weight excluding hydrogens is 238 g/mol. The van der Waals surface area contributed by atoms with E-state index in [0.29, 0.717) is 6.54 Å². The highest BCUT2D eigenvalue weighted by molar-refractivity contribution is 7.89. The predicted octanol–water partition coefficient (Wildman–Crippen LogP) is 1.86. The van der Waals surface area contributed by atoms with Crippen LogP contribution in [0.5, 0.6) is 5.75 Å². The summed E-state index contributed by atoms with van der Waals surface area (Å²) < 4.78 is 26.5. The monoisotopic (exact) mass is 255 g/mol. The summed E-state index contributed by atoms with van der Waals surface area (Å²) >= 11 is 0. The number of rotatable bonds is 5. The summed E-state index contributed by atoms with van der Waals surface area (Å²) in [5.74, 6) is -0.0375. The van der Waals surface area contributed by atoms with E-state index >= 15 is 0 Å². The topological polar surface area (TPSA) is 66.4 Å². The third-order valence-corrected chi connectivity index (χ3v) is 4.87. The maximum Gasteiger partial charge on any atom is 0.240 e. The Morgan fingerprint density at radius 2 is 2.12 bits per heavy atom. The number of phenolic OH excluding ortho intramolecular Hbond substituents is 1. The Morgan fingerprint density at radius 3 is 2.65 bits per heavy atom. The molecule has 0 atom stereocenters. The number of aromatic hydroxyl groups is 1. The number of hydrogen-bond acceptors (Lipinski definition) is 3. The molecule has 0 spiro atoms. The molecule has 0 saturated heterocycles. The van der Waals surface area contributed by atoms with Crippen LogP contribution in [0.15, 0.2) is 29.2 Å². The van der Waals surface area contributed by atoms with Crippen molar-refractivity contribution in [3.05, 3.63) is 24.3 Å². The summed E-state index contributed by atoms with van der Waals surface area (Å²) in [5, 5.41) is 9.27. The highest BCUT2D eigenvalue weighted by atomic mass is 32.2. The minimum atomic E-state index is -3.50. The van der Waals surface area contributed by atoms with Gasteiger partial charge in [0.15, 0.2) is 0 Å². The van der Waals surface area contributed by atoms with Gasteiger partial charge in [0.1, 0.15) is 5.75 Å². The molecule has 0 unspecified atom stereocenters. The summed E-state index contributed by atoms with van der Waals surface area (Å²) in [5.41, 5.74) is 0.171. The van der Waals surface area contributed by atoms with Crippen LogP contribution >= 0.6 is 0 Å². The molecule has 1 aromatic rings. The standard InChI is InChI=1S/C12H17NO3S/c1-2-12(6-7-12)9-13-17(15,16)11-5-3-4-10(14)8-11/h3-5,8,13-14H,2,6-7,9H2,1H3. The fourth-order valence-corrected chi connectivity index (χ4v) is 3.01. The van der Waals surface area contributed by atoms with E-state index < -0.39 is 10.0 Å². The molecule has 1 aliphatic carbocycles. The van der Waals surface area contributed by atoms with E-state index in [1.54, 1.807) is 0 Å². The zero-order valence-electron chi connectivity index (χ0n) is 9.81. The van der Waals surface area contributed by atoms with Gasteiger partial charge in [0, 0.05) is 6.54 Å². The maximum absolute atomic E-state index is 12.0. The average Bonchev–Trinajstić information content (AvgIpc) is 3.07. The Balaban J connectivity index is 2.09. The quantitative estimate of drug-likeness (QED) is 0.844. The predicted molar refractivity (Wildman–Crippen MR) is 65.3 cm³/mol. The number of benzene rings is 1. The smallest absolute Gasteiger partial charge is 0.240 e. The van der Waals surface area contributed by atoms with Gasteiger partial charge in [-0.3, -0.25) is 0 Å². The fraction of sp³-hybridized carbons (Fsp3) is 0.500. The first-order valence-electron chi connectivity index (χ1n) is 5.76. The van der Waals surface area contributed by atoms with Gasteiger partial charge in [0.25, 0.3) is 0 Å². The largest absolute Gasteiger partial charge is 0.508 e. The van der Waals surface area contributed by atoms with Gasteiger partial charge in [-0.15, -0.1) is 0 Å². The SMILES string of the molecule is CCC1(CNS(=O)(=O)c2cccc(O)c2)CC1. The first kappa shape index (κ1) is 12.4. The van der Waals surface area contributed by atoms with Crippen molar-refractivity contribution in [2.45, 2.75) is 31.1 Å². The Kier molecular flexibility index (Phi) is 3.14. The van der Waals surface area contributed by atoms with Crippen LogP contribution in [0.2, 0.25) is 0 Å². The molecular formula is C12H17NO3S. The van der Waals surface area contributed by atoms with E-state index in [-0.39, 0.29) is 16.1 Å². The van der Waals surface area contributed by atoms with Crippen molar-refractivity contribution in [1.29, 1.82) is 0 Å². The third-order valence-electron chi connectivity index (χ3n) is 3.47. The molecule has 0 aromatic heterocycles. The van der Waals surface area contributed by atoms with Gasteiger partial charge in [0.05, 0.1) is 4.90 Å². The average molecular weight is 255 g/mol. The summed E-state index contributed by atoms with van der Waals surface area (Å²) in [7, 11) is -3.50. The van der Waals surface area contributed by atoms with Crippen LogP contribution < -0.4 is 4.72 Å². The van der Waals surface area contributed by atoms with E-state index in [9.17, 15) is 13.5 Å². The fourth-order valence-electron chi connectivity index (χ4n) is 1.81. The maximum atomic E-state index is 12.0. The van der Waals surface area contributed by atoms with E-state index in [0.717, 1.165) is 19.3 Å². The van der Waals surface area contributed by atoms with Crippen molar-refractivity contribution in [3.63, 3.8) is 0 Å². The Bertz CT molecular complexity index is 506. The van der Waals surface area contributed by atoms with E-state index in [4.69, 9.17) is 0 Å². The van der Waals surface area contributed by atoms with Crippen LogP contribution in [-0.4, -0.2) is 20.1 Å². The molecule has 1 aromatic carbocycles. The van der Waals surface area contributed by atoms with Crippen LogP contribution in [0, 0.1) is 5.41 Å². The van der Waals surface area contributed by atoms with Crippen molar-refractivity contribution in [2.24, 2.45) is 5.41 Å². The molecule has 1 saturated carbocycles. The van der Waals surface area contributed by atoms with Crippen molar-refractivity contribution in [1.82, 2.24) is 4.72 Å². The van der Waals surface area contributed by atoms with Gasteiger partial charge in [-0.1, -0.05) is 13.0 Å². The number of phenols is 1. The van der Waals surface area contributed by atoms with Crippen molar-refractivity contribution >= 4 is 10.0 Å². The van der Waals surface area contributed by atoms with Crippen molar-refractivity contribution < 1.29 is 13.5 Å². The number of sulfonamides is 1. The summed E-state index contributed by atoms with van der Waals surface area (Å²) in [6, 6.07) is 5.71. The molecule has 1 fully saturated rings. The van der Waals surface area contributed by atoms with Crippen LogP contribution in [0.3, 0.4) is 0 Å². The van der Waals surface area contributed by atoms with E-state index in [1.807, 2.05) is 0 Å². The second-order valence-corrected chi connectivity index (χ2v) is 6.44. The summed E-state index contributed by atoms with van der Waals surface area (Å²) in [6.45, 7) is 2.57. The molecule has 0 radical (unpaired) electrons. The van der Waals surface area contributed by atoms with Gasteiger partial charge >= 0.3 is 0 Å². The Hall–Kier alpha value is -1.07. The highest BCUT2D eigenvalue weighted by Crippen LogP contribution is 2.48. The van der Waals surface area contributed by atoms with Crippen LogP contribution in [0.25, 0.3) is 0 Å². The first-order chi connectivity index (χ1) is 7.97. The number of hydrogen-bond donors (Lipinski definition) is 2. The molecule has 4 nitrogen and oxygen atoms in total. The molecule has 0 amide bonds. The molecule has 0 aliphatic heterocycles. The summed E-state index contributed by atoms with van der Waals surface area (Å²) in [4.78, 5) is 0.115. The molecule has 2 N–H and O–H groups in total. The molecule has 94 valence electrons. The lowest BCUT2D eigenvalue weighted by Gasteiger charge is -2.13. The molecule has 0 bridgehead atoms. The Labute approximate surface area is 102 Å². The zero-order chi connectivity index (χ0) is 12.5. The minimum Gasteiger partial charge on any atom is -0.508 e. The zero-order valence-corrected chi connectivity index (χ0v) is 10.6. The summed E-state index contributed by atoms with van der Waals surface area (Å²) in [6.07, 6.45) is 3.17. The third kappa shape index (κ3) is 2.79. The van der Waals surface area contributed by atoms with Crippen LogP contribution in [0.4, 0.5) is 0 Å². The lowest BCUT2D eigenvalue weighted by atomic mass is 10.1. The lowest BCUT2D eigenvalue weighted by Crippen LogP contribution is -2.30. The van der Waals surface area contributed by atoms with Crippen molar-refractivity contribution in [2.75, 3.05) is 6.54 Å². The second-order valence-electron chi connectivity index (χ2n) is 4.68. The molecule has 2 rings (SSSR count). The Morgan fingerprint density at radius 1 is 1.41 bits per heavy atom.